The van der Waals surface area contributed by atoms with Gasteiger partial charge in [-0.3, -0.25) is 4.79 Å². The van der Waals surface area contributed by atoms with Gasteiger partial charge in [-0.25, -0.2) is 0 Å². The zero-order chi connectivity index (χ0) is 25.2. The van der Waals surface area contributed by atoms with Crippen LogP contribution in [0.25, 0.3) is 0 Å². The van der Waals surface area contributed by atoms with E-state index >= 15 is 0 Å². The maximum atomic E-state index is 12.0. The first-order valence-electron chi connectivity index (χ1n) is 13.3. The summed E-state index contributed by atoms with van der Waals surface area (Å²) in [5.74, 6) is 0.479. The van der Waals surface area contributed by atoms with Crippen LogP contribution in [0.3, 0.4) is 0 Å². The molecule has 0 radical (unpaired) electrons. The molecule has 0 bridgehead atoms. The van der Waals surface area contributed by atoms with Crippen LogP contribution in [0, 0.1) is 17.3 Å². The van der Waals surface area contributed by atoms with E-state index in [1.165, 1.54) is 5.56 Å². The van der Waals surface area contributed by atoms with Gasteiger partial charge in [0.1, 0.15) is 0 Å². The van der Waals surface area contributed by atoms with E-state index in [4.69, 9.17) is 9.16 Å². The zero-order valence-electron chi connectivity index (χ0n) is 22.4. The summed E-state index contributed by atoms with van der Waals surface area (Å²) in [7, 11) is -1.13. The van der Waals surface area contributed by atoms with Crippen LogP contribution in [0.2, 0.25) is 13.1 Å². The van der Waals surface area contributed by atoms with E-state index in [2.05, 4.69) is 76.3 Å². The number of esters is 1. The van der Waals surface area contributed by atoms with Crippen molar-refractivity contribution in [2.45, 2.75) is 104 Å². The number of ether oxygens (including phenoxy) is 1. The molecular formula is C29H48O4Si. The van der Waals surface area contributed by atoms with E-state index in [-0.39, 0.29) is 23.9 Å². The molecule has 0 amide bonds. The van der Waals surface area contributed by atoms with E-state index in [0.29, 0.717) is 31.3 Å². The van der Waals surface area contributed by atoms with Crippen LogP contribution in [0.5, 0.6) is 0 Å². The molecule has 192 valence electrons. The van der Waals surface area contributed by atoms with E-state index in [9.17, 15) is 9.90 Å². The van der Waals surface area contributed by atoms with Crippen LogP contribution in [0.15, 0.2) is 42.5 Å². The standard InChI is InChI=1S/C29H48O4Si/c1-7-32-27(30)22-29(31)20-12-13-23(21-29)18-19-25(28(2,3)4)16-11-17-26(33-34(5)6)24-14-9-8-10-15-24/h8-10,14-15,18-19,23,25-26,31,34H,7,11-13,16-17,20-22H2,1-6H3. The van der Waals surface area contributed by atoms with Crippen molar-refractivity contribution >= 4 is 15.0 Å². The highest BCUT2D eigenvalue weighted by Crippen LogP contribution is 2.38. The fourth-order valence-corrected chi connectivity index (χ4v) is 6.08. The van der Waals surface area contributed by atoms with Crippen molar-refractivity contribution in [3.8, 4) is 0 Å². The maximum Gasteiger partial charge on any atom is 0.308 e. The molecule has 4 atom stereocenters. The van der Waals surface area contributed by atoms with Gasteiger partial charge in [-0.05, 0) is 87.8 Å². The molecule has 1 aliphatic rings. The second-order valence-electron chi connectivity index (χ2n) is 11.4. The minimum Gasteiger partial charge on any atom is -0.466 e. The summed E-state index contributed by atoms with van der Waals surface area (Å²) in [6.07, 6.45) is 11.6. The highest BCUT2D eigenvalue weighted by molar-refractivity contribution is 6.48. The molecule has 1 N–H and O–H groups in total. The van der Waals surface area contributed by atoms with Crippen LogP contribution in [-0.2, 0) is 14.0 Å². The topological polar surface area (TPSA) is 55.8 Å². The number of rotatable bonds is 12. The second kappa shape index (κ2) is 13.6. The third-order valence-corrected chi connectivity index (χ3v) is 7.83. The SMILES string of the molecule is CCOC(=O)CC1(O)CCCC(C=CC(CCCC(O[SiH](C)C)c2ccccc2)C(C)(C)C)C1. The lowest BCUT2D eigenvalue weighted by molar-refractivity contribution is -0.150. The average Bonchev–Trinajstić information content (AvgIpc) is 2.74. The Bertz CT molecular complexity index is 755. The van der Waals surface area contributed by atoms with Gasteiger partial charge in [0.2, 0.25) is 0 Å². The van der Waals surface area contributed by atoms with Gasteiger partial charge >= 0.3 is 5.97 Å². The number of aliphatic hydroxyl groups is 1. The van der Waals surface area contributed by atoms with Crippen LogP contribution < -0.4 is 0 Å². The quantitative estimate of drug-likeness (QED) is 0.196. The molecule has 1 saturated carbocycles. The molecule has 0 heterocycles. The molecule has 1 fully saturated rings. The van der Waals surface area contributed by atoms with Gasteiger partial charge in [0.25, 0.3) is 0 Å². The van der Waals surface area contributed by atoms with Gasteiger partial charge in [-0.15, -0.1) is 0 Å². The lowest BCUT2D eigenvalue weighted by Gasteiger charge is -2.35. The molecule has 0 aromatic heterocycles. The van der Waals surface area contributed by atoms with Crippen molar-refractivity contribution in [2.24, 2.45) is 17.3 Å². The maximum absolute atomic E-state index is 12.0. The average molecular weight is 489 g/mol. The Labute approximate surface area is 209 Å². The Kier molecular flexibility index (Phi) is 11.5. The lowest BCUT2D eigenvalue weighted by atomic mass is 9.74. The first kappa shape index (κ1) is 28.8. The van der Waals surface area contributed by atoms with Gasteiger partial charge in [0.15, 0.2) is 9.04 Å². The number of carbonyl (C=O) groups excluding carboxylic acids is 1. The number of allylic oxidation sites excluding steroid dienone is 2. The van der Waals surface area contributed by atoms with Crippen molar-refractivity contribution < 1.29 is 19.1 Å². The summed E-state index contributed by atoms with van der Waals surface area (Å²) in [5.41, 5.74) is 0.523. The molecule has 2 rings (SSSR count). The Morgan fingerprint density at radius 3 is 2.56 bits per heavy atom. The third-order valence-electron chi connectivity index (χ3n) is 6.96. The van der Waals surface area contributed by atoms with Gasteiger partial charge < -0.3 is 14.3 Å². The van der Waals surface area contributed by atoms with E-state index in [0.717, 1.165) is 32.1 Å². The minimum atomic E-state index is -1.13. The summed E-state index contributed by atoms with van der Waals surface area (Å²) in [5, 5.41) is 11.0. The summed E-state index contributed by atoms with van der Waals surface area (Å²) >= 11 is 0. The third kappa shape index (κ3) is 10.0. The largest absolute Gasteiger partial charge is 0.466 e. The Balaban J connectivity index is 1.98. The van der Waals surface area contributed by atoms with Crippen LogP contribution in [-0.4, -0.2) is 32.3 Å². The minimum absolute atomic E-state index is 0.105. The molecule has 0 saturated heterocycles. The fourth-order valence-electron chi connectivity index (χ4n) is 5.13. The van der Waals surface area contributed by atoms with Gasteiger partial charge in [-0.1, -0.05) is 63.3 Å². The molecule has 1 aromatic rings. The van der Waals surface area contributed by atoms with Crippen molar-refractivity contribution in [1.82, 2.24) is 0 Å². The molecule has 1 aromatic carbocycles. The van der Waals surface area contributed by atoms with Crippen molar-refractivity contribution in [2.75, 3.05) is 6.61 Å². The van der Waals surface area contributed by atoms with E-state index in [1.54, 1.807) is 6.92 Å². The Hall–Kier alpha value is -1.43. The predicted octanol–water partition coefficient (Wildman–Crippen LogP) is 6.99. The monoisotopic (exact) mass is 488 g/mol. The van der Waals surface area contributed by atoms with Crippen molar-refractivity contribution in [3.63, 3.8) is 0 Å². The molecule has 4 nitrogen and oxygen atoms in total. The van der Waals surface area contributed by atoms with E-state index < -0.39 is 14.6 Å². The van der Waals surface area contributed by atoms with Crippen molar-refractivity contribution in [1.29, 1.82) is 0 Å². The molecule has 5 heteroatoms. The number of benzene rings is 1. The van der Waals surface area contributed by atoms with Gasteiger partial charge in [-0.2, -0.15) is 0 Å². The molecule has 1 aliphatic carbocycles. The first-order valence-corrected chi connectivity index (χ1v) is 16.1. The Morgan fingerprint density at radius 2 is 1.94 bits per heavy atom. The highest BCUT2D eigenvalue weighted by atomic mass is 28.3. The molecule has 0 aliphatic heterocycles. The summed E-state index contributed by atoms with van der Waals surface area (Å²) in [6.45, 7) is 13.6. The summed E-state index contributed by atoms with van der Waals surface area (Å²) < 4.78 is 11.5. The van der Waals surface area contributed by atoms with Crippen LogP contribution >= 0.6 is 0 Å². The van der Waals surface area contributed by atoms with Crippen molar-refractivity contribution in [3.05, 3.63) is 48.0 Å². The molecule has 4 unspecified atom stereocenters. The number of carbonyl (C=O) groups is 1. The first-order chi connectivity index (χ1) is 16.0. The second-order valence-corrected chi connectivity index (χ2v) is 13.8. The van der Waals surface area contributed by atoms with Crippen LogP contribution in [0.4, 0.5) is 0 Å². The Morgan fingerprint density at radius 1 is 1.24 bits per heavy atom. The number of hydrogen-bond acceptors (Lipinski definition) is 4. The molecule has 34 heavy (non-hydrogen) atoms. The highest BCUT2D eigenvalue weighted by Gasteiger charge is 2.36. The molecular weight excluding hydrogens is 440 g/mol. The van der Waals surface area contributed by atoms with Gasteiger partial charge in [0, 0.05) is 0 Å². The predicted molar refractivity (Wildman–Crippen MR) is 143 cm³/mol. The zero-order valence-corrected chi connectivity index (χ0v) is 23.5. The summed E-state index contributed by atoms with van der Waals surface area (Å²) in [6, 6.07) is 10.6. The smallest absolute Gasteiger partial charge is 0.308 e. The fraction of sp³-hybridized carbons (Fsp3) is 0.690. The van der Waals surface area contributed by atoms with Gasteiger partial charge in [0.05, 0.1) is 24.7 Å². The summed E-state index contributed by atoms with van der Waals surface area (Å²) in [4.78, 5) is 12.0. The normalized spacial score (nSPS) is 23.2. The lowest BCUT2D eigenvalue weighted by Crippen LogP contribution is -2.37. The van der Waals surface area contributed by atoms with E-state index in [1.807, 2.05) is 0 Å². The number of hydrogen-bond donors (Lipinski definition) is 1. The van der Waals surface area contributed by atoms with Crippen LogP contribution in [0.1, 0.15) is 90.7 Å². The molecule has 0 spiro atoms.